The molecule has 224 valence electrons. The van der Waals surface area contributed by atoms with Gasteiger partial charge in [0.25, 0.3) is 0 Å². The van der Waals surface area contributed by atoms with Gasteiger partial charge >= 0.3 is 6.01 Å². The summed E-state index contributed by atoms with van der Waals surface area (Å²) in [5.74, 6) is -0.253. The van der Waals surface area contributed by atoms with Crippen LogP contribution in [-0.4, -0.2) is 88.7 Å². The summed E-state index contributed by atoms with van der Waals surface area (Å²) in [6.07, 6.45) is 8.32. The van der Waals surface area contributed by atoms with Gasteiger partial charge in [0, 0.05) is 61.1 Å². The maximum atomic E-state index is 16.6. The Morgan fingerprint density at radius 1 is 1.16 bits per heavy atom. The summed E-state index contributed by atoms with van der Waals surface area (Å²) < 4.78 is 36.6. The van der Waals surface area contributed by atoms with Crippen molar-refractivity contribution in [3.8, 4) is 23.2 Å². The van der Waals surface area contributed by atoms with Gasteiger partial charge in [-0.05, 0) is 62.4 Å². The van der Waals surface area contributed by atoms with Crippen LogP contribution in [0.1, 0.15) is 36.8 Å². The van der Waals surface area contributed by atoms with Gasteiger partial charge in [-0.15, -0.1) is 0 Å². The van der Waals surface area contributed by atoms with E-state index in [1.165, 1.54) is 6.08 Å². The van der Waals surface area contributed by atoms with Crippen molar-refractivity contribution in [2.45, 2.75) is 56.8 Å². The van der Waals surface area contributed by atoms with Crippen LogP contribution in [0.4, 0.5) is 14.6 Å². The van der Waals surface area contributed by atoms with Gasteiger partial charge < -0.3 is 14.5 Å². The first kappa shape index (κ1) is 28.9. The smallest absolute Gasteiger partial charge is 0.319 e. The maximum absolute atomic E-state index is 16.6. The molecule has 3 aromatic rings. The van der Waals surface area contributed by atoms with Crippen LogP contribution in [0.15, 0.2) is 37.2 Å². The zero-order valence-corrected chi connectivity index (χ0v) is 24.3. The molecule has 0 bridgehead atoms. The molecule has 4 heterocycles. The molecule has 2 aliphatic heterocycles. The molecule has 1 amide bonds. The third-order valence-electron chi connectivity index (χ3n) is 8.93. The number of ether oxygens (including phenoxy) is 1. The second-order valence-corrected chi connectivity index (χ2v) is 11.6. The zero-order chi connectivity index (χ0) is 30.1. The molecule has 0 saturated carbocycles. The van der Waals surface area contributed by atoms with Gasteiger partial charge in [-0.2, -0.15) is 15.2 Å². The van der Waals surface area contributed by atoms with E-state index >= 15 is 4.39 Å². The lowest BCUT2D eigenvalue weighted by atomic mass is 9.87. The van der Waals surface area contributed by atoms with E-state index in [4.69, 9.17) is 9.72 Å². The molecular formula is C32H35F2N7O2. The van der Waals surface area contributed by atoms with Crippen molar-refractivity contribution < 1.29 is 18.3 Å². The van der Waals surface area contributed by atoms with E-state index in [0.29, 0.717) is 49.4 Å². The molecular weight excluding hydrogens is 552 g/mol. The highest BCUT2D eigenvalue weighted by atomic mass is 19.1. The minimum atomic E-state index is -0.927. The second kappa shape index (κ2) is 12.2. The van der Waals surface area contributed by atoms with E-state index in [2.05, 4.69) is 22.6 Å². The van der Waals surface area contributed by atoms with E-state index in [1.807, 2.05) is 29.1 Å². The van der Waals surface area contributed by atoms with Gasteiger partial charge in [0.2, 0.25) is 5.91 Å². The van der Waals surface area contributed by atoms with Crippen LogP contribution in [0.5, 0.6) is 6.01 Å². The molecule has 3 atom stereocenters. The molecule has 0 N–H and O–H groups in total. The van der Waals surface area contributed by atoms with Crippen LogP contribution >= 0.6 is 0 Å². The summed E-state index contributed by atoms with van der Waals surface area (Å²) in [5.41, 5.74) is 3.59. The van der Waals surface area contributed by atoms with Crippen molar-refractivity contribution in [2.75, 3.05) is 44.7 Å². The predicted octanol–water partition coefficient (Wildman–Crippen LogP) is 4.25. The molecule has 1 aromatic carbocycles. The highest BCUT2D eigenvalue weighted by Crippen LogP contribution is 2.37. The van der Waals surface area contributed by atoms with Gasteiger partial charge in [0.1, 0.15) is 24.1 Å². The molecule has 2 fully saturated rings. The number of likely N-dealkylation sites (N-methyl/N-ethyl adjacent to an activating group) is 1. The van der Waals surface area contributed by atoms with Gasteiger partial charge in [0.15, 0.2) is 5.82 Å². The third-order valence-corrected chi connectivity index (χ3v) is 8.93. The number of carbonyl (C=O) groups excluding carboxylic acids is 1. The minimum Gasteiger partial charge on any atom is -0.462 e. The van der Waals surface area contributed by atoms with E-state index in [-0.39, 0.29) is 36.5 Å². The monoisotopic (exact) mass is 587 g/mol. The lowest BCUT2D eigenvalue weighted by Crippen LogP contribution is -2.55. The first-order valence-electron chi connectivity index (χ1n) is 14.9. The van der Waals surface area contributed by atoms with Crippen LogP contribution in [0.25, 0.3) is 22.0 Å². The number of pyridine rings is 1. The van der Waals surface area contributed by atoms with E-state index < -0.39 is 18.0 Å². The Kier molecular flexibility index (Phi) is 8.21. The number of fused-ring (bicyclic) bond motifs is 2. The number of aromatic nitrogens is 3. The first-order valence-corrected chi connectivity index (χ1v) is 14.9. The summed E-state index contributed by atoms with van der Waals surface area (Å²) in [6.45, 7) is 5.19. The number of anilines is 1. The number of halogens is 2. The number of nitriles is 1. The molecule has 1 aliphatic carbocycles. The highest BCUT2D eigenvalue weighted by Gasteiger charge is 2.33. The number of carbonyl (C=O) groups is 1. The lowest BCUT2D eigenvalue weighted by Gasteiger charge is -2.41. The van der Waals surface area contributed by atoms with Crippen molar-refractivity contribution in [2.24, 2.45) is 0 Å². The molecule has 9 nitrogen and oxygen atoms in total. The molecule has 11 heteroatoms. The van der Waals surface area contributed by atoms with Crippen LogP contribution < -0.4 is 9.64 Å². The average molecular weight is 588 g/mol. The van der Waals surface area contributed by atoms with Crippen LogP contribution in [0.3, 0.4) is 0 Å². The Labute approximate surface area is 249 Å². The number of hydrogen-bond acceptors (Lipinski definition) is 8. The van der Waals surface area contributed by atoms with Gasteiger partial charge in [-0.25, -0.2) is 8.78 Å². The predicted molar refractivity (Wildman–Crippen MR) is 159 cm³/mol. The normalized spacial score (nSPS) is 22.3. The number of hydrogen-bond donors (Lipinski definition) is 0. The summed E-state index contributed by atoms with van der Waals surface area (Å²) in [5, 5.41) is 9.98. The van der Waals surface area contributed by atoms with E-state index in [9.17, 15) is 14.4 Å². The van der Waals surface area contributed by atoms with Crippen molar-refractivity contribution in [1.29, 1.82) is 5.26 Å². The molecule has 0 radical (unpaired) electrons. The number of amides is 1. The Morgan fingerprint density at radius 2 is 2.00 bits per heavy atom. The largest absolute Gasteiger partial charge is 0.462 e. The van der Waals surface area contributed by atoms with Crippen LogP contribution in [-0.2, 0) is 17.6 Å². The van der Waals surface area contributed by atoms with Crippen molar-refractivity contribution in [1.82, 2.24) is 24.8 Å². The number of likely N-dealkylation sites (tertiary alicyclic amines) is 1. The Balaban J connectivity index is 1.42. The molecule has 6 rings (SSSR count). The SMILES string of the molecule is C=CC(=O)N1CCN(c2nc(OC[C@@H]3C[C@@H](F)CN3C)nc3c(F)c(-c4cncc5c4CCCC5)ccc23)C[C@@H]1CC#N. The Morgan fingerprint density at radius 3 is 2.77 bits per heavy atom. The van der Waals surface area contributed by atoms with E-state index in [1.54, 1.807) is 17.2 Å². The summed E-state index contributed by atoms with van der Waals surface area (Å²) in [7, 11) is 1.85. The number of aryl methyl sites for hydroxylation is 1. The second-order valence-electron chi connectivity index (χ2n) is 11.6. The number of alkyl halides is 1. The van der Waals surface area contributed by atoms with Gasteiger partial charge in [-0.3, -0.25) is 14.7 Å². The Bertz CT molecular complexity index is 1590. The number of piperazine rings is 1. The minimum absolute atomic E-state index is 0.00362. The molecule has 3 aliphatic rings. The van der Waals surface area contributed by atoms with Gasteiger partial charge in [-0.1, -0.05) is 12.6 Å². The summed E-state index contributed by atoms with van der Waals surface area (Å²) in [4.78, 5) is 31.7. The number of rotatable bonds is 7. The third kappa shape index (κ3) is 5.64. The van der Waals surface area contributed by atoms with Crippen molar-refractivity contribution >= 4 is 22.6 Å². The highest BCUT2D eigenvalue weighted by molar-refractivity contribution is 5.94. The van der Waals surface area contributed by atoms with E-state index in [0.717, 1.165) is 42.4 Å². The maximum Gasteiger partial charge on any atom is 0.319 e. The fourth-order valence-electron chi connectivity index (χ4n) is 6.64. The topological polar surface area (TPSA) is 98.5 Å². The first-order chi connectivity index (χ1) is 20.9. The van der Waals surface area contributed by atoms with Crippen LogP contribution in [0, 0.1) is 17.1 Å². The summed E-state index contributed by atoms with van der Waals surface area (Å²) >= 11 is 0. The molecule has 2 aromatic heterocycles. The average Bonchev–Trinajstić information content (AvgIpc) is 3.35. The zero-order valence-electron chi connectivity index (χ0n) is 24.3. The fraction of sp³-hybridized carbons (Fsp3) is 0.469. The number of benzene rings is 1. The van der Waals surface area contributed by atoms with Crippen molar-refractivity contribution in [3.05, 3.63) is 54.1 Å². The fourth-order valence-corrected chi connectivity index (χ4v) is 6.64. The molecule has 0 unspecified atom stereocenters. The molecule has 2 saturated heterocycles. The Hall–Kier alpha value is -4.17. The van der Waals surface area contributed by atoms with Crippen LogP contribution in [0.2, 0.25) is 0 Å². The molecule has 0 spiro atoms. The standard InChI is InChI=1S/C32H35F2N7O2/c1-3-28(42)41-13-12-40(18-22(41)10-11-35)31-26-9-8-25(27-16-36-15-20-6-4-5-7-24(20)27)29(34)30(26)37-32(38-31)43-19-23-14-21(33)17-39(23)2/h3,8-9,15-16,21-23H,1,4-7,10,12-14,17-19H2,2H3/t21-,22+,23+/m1/s1. The lowest BCUT2D eigenvalue weighted by molar-refractivity contribution is -0.128. The van der Waals surface area contributed by atoms with Crippen molar-refractivity contribution in [3.63, 3.8) is 0 Å². The quantitative estimate of drug-likeness (QED) is 0.379. The molecule has 43 heavy (non-hydrogen) atoms. The summed E-state index contributed by atoms with van der Waals surface area (Å²) in [6, 6.07) is 5.22. The van der Waals surface area contributed by atoms with Gasteiger partial charge in [0.05, 0.1) is 18.5 Å². The number of nitrogens with zero attached hydrogens (tertiary/aromatic N) is 7.